The first-order valence-electron chi connectivity index (χ1n) is 5.41. The van der Waals surface area contributed by atoms with Crippen molar-refractivity contribution in [1.82, 2.24) is 9.97 Å². The van der Waals surface area contributed by atoms with E-state index in [0.29, 0.717) is 12.3 Å². The van der Waals surface area contributed by atoms with Gasteiger partial charge in [-0.1, -0.05) is 23.7 Å². The van der Waals surface area contributed by atoms with Gasteiger partial charge in [0.15, 0.2) is 5.02 Å². The van der Waals surface area contributed by atoms with Gasteiger partial charge in [-0.2, -0.15) is 0 Å². The standard InChI is InChI=1S/C12H12ClN3O2/c13-10-11(17)15-7-16-12(10)18-9-3-1-8(2-4-9)5-6-14/h1-4,7H,5-6,14H2,(H,15,16,17). The molecule has 0 amide bonds. The van der Waals surface area contributed by atoms with Crippen LogP contribution in [0, 0.1) is 0 Å². The predicted octanol–water partition coefficient (Wildman–Crippen LogP) is 1.72. The molecule has 0 bridgehead atoms. The Bertz CT molecular complexity index is 581. The monoisotopic (exact) mass is 265 g/mol. The number of aromatic nitrogens is 2. The number of benzene rings is 1. The van der Waals surface area contributed by atoms with Crippen molar-refractivity contribution in [3.63, 3.8) is 0 Å². The maximum absolute atomic E-state index is 11.2. The lowest BCUT2D eigenvalue weighted by molar-refractivity contribution is 0.460. The topological polar surface area (TPSA) is 81.0 Å². The fourth-order valence-electron chi connectivity index (χ4n) is 1.44. The molecular weight excluding hydrogens is 254 g/mol. The minimum absolute atomic E-state index is 0.0662. The van der Waals surface area contributed by atoms with Crippen molar-refractivity contribution in [2.75, 3.05) is 6.54 Å². The highest BCUT2D eigenvalue weighted by atomic mass is 35.5. The van der Waals surface area contributed by atoms with Crippen molar-refractivity contribution < 1.29 is 4.74 Å². The number of aromatic amines is 1. The Morgan fingerprint density at radius 2 is 2.06 bits per heavy atom. The van der Waals surface area contributed by atoms with E-state index < -0.39 is 5.56 Å². The van der Waals surface area contributed by atoms with E-state index in [2.05, 4.69) is 9.97 Å². The highest BCUT2D eigenvalue weighted by Gasteiger charge is 2.07. The quantitative estimate of drug-likeness (QED) is 0.882. The minimum atomic E-state index is -0.429. The van der Waals surface area contributed by atoms with Gasteiger partial charge in [0.25, 0.3) is 5.56 Å². The van der Waals surface area contributed by atoms with Gasteiger partial charge >= 0.3 is 0 Å². The molecule has 0 aliphatic carbocycles. The van der Waals surface area contributed by atoms with Crippen molar-refractivity contribution in [2.45, 2.75) is 6.42 Å². The molecule has 0 atom stereocenters. The average Bonchev–Trinajstić information content (AvgIpc) is 2.38. The largest absolute Gasteiger partial charge is 0.437 e. The van der Waals surface area contributed by atoms with Crippen molar-refractivity contribution in [1.29, 1.82) is 0 Å². The second-order valence-corrected chi connectivity index (χ2v) is 4.01. The Balaban J connectivity index is 2.18. The lowest BCUT2D eigenvalue weighted by Crippen LogP contribution is -2.07. The van der Waals surface area contributed by atoms with E-state index in [4.69, 9.17) is 22.1 Å². The molecule has 0 fully saturated rings. The number of halogens is 1. The molecule has 1 heterocycles. The van der Waals surface area contributed by atoms with Gasteiger partial charge in [0, 0.05) is 0 Å². The second-order valence-electron chi connectivity index (χ2n) is 3.64. The van der Waals surface area contributed by atoms with E-state index in [1.165, 1.54) is 6.33 Å². The molecule has 0 unspecified atom stereocenters. The van der Waals surface area contributed by atoms with Crippen LogP contribution in [0.3, 0.4) is 0 Å². The summed E-state index contributed by atoms with van der Waals surface area (Å²) < 4.78 is 5.43. The van der Waals surface area contributed by atoms with Gasteiger partial charge in [-0.25, -0.2) is 4.98 Å². The summed E-state index contributed by atoms with van der Waals surface area (Å²) in [6.07, 6.45) is 2.05. The number of nitrogens with two attached hydrogens (primary N) is 1. The molecule has 0 radical (unpaired) electrons. The van der Waals surface area contributed by atoms with Crippen LogP contribution in [0.25, 0.3) is 0 Å². The van der Waals surface area contributed by atoms with E-state index in [1.807, 2.05) is 12.1 Å². The number of nitrogens with zero attached hydrogens (tertiary/aromatic N) is 1. The smallest absolute Gasteiger partial charge is 0.273 e. The summed E-state index contributed by atoms with van der Waals surface area (Å²) in [6.45, 7) is 0.599. The van der Waals surface area contributed by atoms with Gasteiger partial charge in [0.2, 0.25) is 5.88 Å². The van der Waals surface area contributed by atoms with E-state index in [9.17, 15) is 4.79 Å². The molecule has 1 aromatic heterocycles. The lowest BCUT2D eigenvalue weighted by atomic mass is 10.1. The lowest BCUT2D eigenvalue weighted by Gasteiger charge is -2.06. The van der Waals surface area contributed by atoms with Crippen LogP contribution in [-0.4, -0.2) is 16.5 Å². The summed E-state index contributed by atoms with van der Waals surface area (Å²) in [4.78, 5) is 17.5. The van der Waals surface area contributed by atoms with Gasteiger partial charge in [0.05, 0.1) is 6.33 Å². The van der Waals surface area contributed by atoms with Crippen LogP contribution in [0.15, 0.2) is 35.4 Å². The SMILES string of the molecule is NCCc1ccc(Oc2nc[nH]c(=O)c2Cl)cc1. The molecule has 2 aromatic rings. The highest BCUT2D eigenvalue weighted by Crippen LogP contribution is 2.23. The Morgan fingerprint density at radius 1 is 1.33 bits per heavy atom. The Kier molecular flexibility index (Phi) is 3.96. The van der Waals surface area contributed by atoms with Crippen LogP contribution in [0.5, 0.6) is 11.6 Å². The van der Waals surface area contributed by atoms with Gasteiger partial charge in [0.1, 0.15) is 5.75 Å². The first-order valence-corrected chi connectivity index (χ1v) is 5.78. The van der Waals surface area contributed by atoms with Gasteiger partial charge in [-0.3, -0.25) is 4.79 Å². The van der Waals surface area contributed by atoms with Crippen LogP contribution < -0.4 is 16.0 Å². The van der Waals surface area contributed by atoms with Crippen molar-refractivity contribution in [3.8, 4) is 11.6 Å². The number of hydrogen-bond donors (Lipinski definition) is 2. The molecule has 94 valence electrons. The molecule has 0 aliphatic heterocycles. The third-order valence-corrected chi connectivity index (χ3v) is 2.67. The molecule has 18 heavy (non-hydrogen) atoms. The number of ether oxygens (including phenoxy) is 1. The summed E-state index contributed by atoms with van der Waals surface area (Å²) >= 11 is 5.78. The van der Waals surface area contributed by atoms with Crippen LogP contribution in [0.2, 0.25) is 5.02 Å². The molecule has 2 rings (SSSR count). The number of nitrogens with one attached hydrogen (secondary N) is 1. The van der Waals surface area contributed by atoms with Crippen molar-refractivity contribution in [3.05, 3.63) is 51.5 Å². The van der Waals surface area contributed by atoms with E-state index in [0.717, 1.165) is 12.0 Å². The predicted molar refractivity (Wildman–Crippen MR) is 69.1 cm³/mol. The van der Waals surface area contributed by atoms with Gasteiger partial charge < -0.3 is 15.5 Å². The summed E-state index contributed by atoms with van der Waals surface area (Å²) in [5.41, 5.74) is 6.15. The molecule has 0 saturated heterocycles. The number of rotatable bonds is 4. The summed E-state index contributed by atoms with van der Waals surface area (Å²) in [5, 5.41) is -0.0662. The minimum Gasteiger partial charge on any atom is -0.437 e. The number of H-pyrrole nitrogens is 1. The normalized spacial score (nSPS) is 10.3. The molecular formula is C12H12ClN3O2. The molecule has 1 aromatic carbocycles. The molecule has 6 heteroatoms. The Morgan fingerprint density at radius 3 is 2.72 bits per heavy atom. The zero-order valence-electron chi connectivity index (χ0n) is 9.52. The molecule has 0 spiro atoms. The maximum atomic E-state index is 11.2. The third kappa shape index (κ3) is 2.88. The fraction of sp³-hybridized carbons (Fsp3) is 0.167. The third-order valence-electron chi connectivity index (χ3n) is 2.34. The highest BCUT2D eigenvalue weighted by molar-refractivity contribution is 6.31. The molecule has 3 N–H and O–H groups in total. The van der Waals surface area contributed by atoms with Crippen LogP contribution in [0.4, 0.5) is 0 Å². The summed E-state index contributed by atoms with van der Waals surface area (Å²) in [7, 11) is 0. The first-order chi connectivity index (χ1) is 8.70. The zero-order chi connectivity index (χ0) is 13.0. The van der Waals surface area contributed by atoms with Crippen LogP contribution in [-0.2, 0) is 6.42 Å². The second kappa shape index (κ2) is 5.66. The van der Waals surface area contributed by atoms with E-state index in [1.54, 1.807) is 12.1 Å². The molecule has 0 saturated carbocycles. The summed E-state index contributed by atoms with van der Waals surface area (Å²) in [6, 6.07) is 7.38. The first kappa shape index (κ1) is 12.6. The van der Waals surface area contributed by atoms with Gasteiger partial charge in [-0.15, -0.1) is 0 Å². The van der Waals surface area contributed by atoms with Gasteiger partial charge in [-0.05, 0) is 30.7 Å². The molecule has 5 nitrogen and oxygen atoms in total. The zero-order valence-corrected chi connectivity index (χ0v) is 10.3. The van der Waals surface area contributed by atoms with E-state index in [-0.39, 0.29) is 10.9 Å². The van der Waals surface area contributed by atoms with Crippen LogP contribution in [0.1, 0.15) is 5.56 Å². The number of hydrogen-bond acceptors (Lipinski definition) is 4. The van der Waals surface area contributed by atoms with Crippen LogP contribution >= 0.6 is 11.6 Å². The van der Waals surface area contributed by atoms with E-state index >= 15 is 0 Å². The molecule has 0 aliphatic rings. The fourth-order valence-corrected chi connectivity index (χ4v) is 1.58. The summed E-state index contributed by atoms with van der Waals surface area (Å²) in [5.74, 6) is 0.655. The Hall–Kier alpha value is -1.85. The van der Waals surface area contributed by atoms with Crippen molar-refractivity contribution >= 4 is 11.6 Å². The average molecular weight is 266 g/mol. The maximum Gasteiger partial charge on any atom is 0.273 e. The Labute approximate surface area is 109 Å². The van der Waals surface area contributed by atoms with Crippen molar-refractivity contribution in [2.24, 2.45) is 5.73 Å².